The van der Waals surface area contributed by atoms with Crippen LogP contribution in [0.15, 0.2) is 30.4 Å². The predicted octanol–water partition coefficient (Wildman–Crippen LogP) is 5.97. The van der Waals surface area contributed by atoms with Crippen LogP contribution in [0.4, 0.5) is 0 Å². The summed E-state index contributed by atoms with van der Waals surface area (Å²) in [6.45, 7) is 5.00. The summed E-state index contributed by atoms with van der Waals surface area (Å²) in [5, 5.41) is 13.5. The molecule has 0 spiro atoms. The highest BCUT2D eigenvalue weighted by Gasteiger charge is 2.27. The Morgan fingerprint density at radius 3 is 2.71 bits per heavy atom. The molecule has 1 aliphatic carbocycles. The van der Waals surface area contributed by atoms with Crippen LogP contribution in [0.2, 0.25) is 5.02 Å². The van der Waals surface area contributed by atoms with Crippen LogP contribution in [-0.4, -0.2) is 28.5 Å². The molecular weight excluding hydrogens is 482 g/mol. The molecule has 0 radical (unpaired) electrons. The maximum absolute atomic E-state index is 13.4. The topological polar surface area (TPSA) is 99.9 Å². The molecule has 2 aromatic rings. The Balaban J connectivity index is 1.72. The number of amides is 1. The van der Waals surface area contributed by atoms with Gasteiger partial charge in [-0.1, -0.05) is 50.3 Å². The van der Waals surface area contributed by atoms with Crippen molar-refractivity contribution in [3.8, 4) is 6.07 Å². The van der Waals surface area contributed by atoms with E-state index in [-0.39, 0.29) is 41.9 Å². The molecule has 1 fully saturated rings. The van der Waals surface area contributed by atoms with E-state index < -0.39 is 5.92 Å². The van der Waals surface area contributed by atoms with E-state index in [1.807, 2.05) is 18.2 Å². The number of benzene rings is 1. The summed E-state index contributed by atoms with van der Waals surface area (Å²) in [6, 6.07) is 7.10. The number of ketones is 2. The molecule has 35 heavy (non-hydrogen) atoms. The van der Waals surface area contributed by atoms with E-state index in [0.29, 0.717) is 23.8 Å². The minimum Gasteiger partial charge on any atom is -0.353 e. The number of nitriles is 1. The highest BCUT2D eigenvalue weighted by Crippen LogP contribution is 2.30. The number of nitrogens with one attached hydrogen (secondary N) is 1. The van der Waals surface area contributed by atoms with Crippen LogP contribution in [-0.2, 0) is 20.8 Å². The molecule has 1 aromatic carbocycles. The molecule has 2 atom stereocenters. The van der Waals surface area contributed by atoms with Crippen LogP contribution in [0, 0.1) is 23.2 Å². The van der Waals surface area contributed by atoms with Crippen LogP contribution in [0.3, 0.4) is 0 Å². The van der Waals surface area contributed by atoms with Gasteiger partial charge in [-0.15, -0.1) is 11.3 Å². The van der Waals surface area contributed by atoms with Gasteiger partial charge < -0.3 is 10.1 Å². The zero-order chi connectivity index (χ0) is 25.4. The summed E-state index contributed by atoms with van der Waals surface area (Å²) < 4.78 is 0.945. The van der Waals surface area contributed by atoms with Crippen LogP contribution < -0.4 is 5.32 Å². The van der Waals surface area contributed by atoms with Crippen molar-refractivity contribution in [3.05, 3.63) is 40.4 Å². The summed E-state index contributed by atoms with van der Waals surface area (Å²) in [6.07, 6.45) is 7.76. The molecule has 6 nitrogen and oxygen atoms in total. The fourth-order valence-electron chi connectivity index (χ4n) is 4.76. The Bertz CT molecular complexity index is 1130. The molecule has 1 heterocycles. The fourth-order valence-corrected chi connectivity index (χ4v) is 6.08. The number of aromatic nitrogens is 1. The largest absolute Gasteiger partial charge is 0.353 e. The van der Waals surface area contributed by atoms with E-state index in [2.05, 4.69) is 16.9 Å². The summed E-state index contributed by atoms with van der Waals surface area (Å²) in [5.41, 5.74) is 0.765. The Morgan fingerprint density at radius 2 is 2.03 bits per heavy atom. The van der Waals surface area contributed by atoms with Crippen molar-refractivity contribution in [2.75, 3.05) is 0 Å². The maximum atomic E-state index is 13.4. The second kappa shape index (κ2) is 12.9. The number of hydrogen-bond donors (Lipinski definition) is 1. The number of hydrogen-bond acceptors (Lipinski definition) is 6. The lowest BCUT2D eigenvalue weighted by Crippen LogP contribution is -2.41. The predicted molar refractivity (Wildman–Crippen MR) is 139 cm³/mol. The number of halogens is 1. The highest BCUT2D eigenvalue weighted by atomic mass is 35.5. The highest BCUT2D eigenvalue weighted by molar-refractivity contribution is 7.18. The van der Waals surface area contributed by atoms with Crippen LogP contribution in [0.5, 0.6) is 0 Å². The summed E-state index contributed by atoms with van der Waals surface area (Å²) >= 11 is 7.57. The quantitative estimate of drug-likeness (QED) is 0.278. The van der Waals surface area contributed by atoms with Gasteiger partial charge in [-0.2, -0.15) is 5.26 Å². The first-order chi connectivity index (χ1) is 16.7. The normalized spacial score (nSPS) is 15.8. The smallest absolute Gasteiger partial charge is 0.224 e. The summed E-state index contributed by atoms with van der Waals surface area (Å²) in [4.78, 5) is 42.2. The first kappa shape index (κ1) is 27.0. The van der Waals surface area contributed by atoms with Crippen molar-refractivity contribution in [1.29, 1.82) is 5.26 Å². The van der Waals surface area contributed by atoms with Gasteiger partial charge >= 0.3 is 0 Å². The minimum atomic E-state index is -0.540. The van der Waals surface area contributed by atoms with Gasteiger partial charge in [0.25, 0.3) is 0 Å². The second-order valence-electron chi connectivity index (χ2n) is 9.52. The van der Waals surface area contributed by atoms with E-state index in [0.717, 1.165) is 34.5 Å². The average molecular weight is 514 g/mol. The van der Waals surface area contributed by atoms with Gasteiger partial charge in [-0.05, 0) is 43.9 Å². The first-order valence-electron chi connectivity index (χ1n) is 12.2. The second-order valence-corrected chi connectivity index (χ2v) is 11.1. The zero-order valence-electron chi connectivity index (χ0n) is 20.1. The number of carbonyl (C=O) groups is 3. The fraction of sp³-hybridized carbons (Fsp3) is 0.519. The monoisotopic (exact) mass is 513 g/mol. The molecule has 0 saturated heterocycles. The number of thiazole rings is 1. The third-order valence-corrected chi connectivity index (χ3v) is 7.88. The minimum absolute atomic E-state index is 0.0568. The first-order valence-corrected chi connectivity index (χ1v) is 13.4. The van der Waals surface area contributed by atoms with E-state index in [1.54, 1.807) is 6.07 Å². The lowest BCUT2D eigenvalue weighted by Gasteiger charge is -2.28. The van der Waals surface area contributed by atoms with Gasteiger partial charge in [0, 0.05) is 30.3 Å². The molecule has 1 aliphatic rings. The lowest BCUT2D eigenvalue weighted by molar-refractivity contribution is -0.129. The van der Waals surface area contributed by atoms with Gasteiger partial charge in [-0.3, -0.25) is 9.59 Å². The van der Waals surface area contributed by atoms with Crippen molar-refractivity contribution in [2.24, 2.45) is 11.8 Å². The molecule has 1 saturated carbocycles. The molecule has 1 N–H and O–H groups in total. The molecule has 0 aliphatic heterocycles. The number of allylic oxidation sites excluding steroid dienone is 1. The summed E-state index contributed by atoms with van der Waals surface area (Å²) in [5.74, 6) is -0.571. The Hall–Kier alpha value is -2.56. The third kappa shape index (κ3) is 8.26. The van der Waals surface area contributed by atoms with Gasteiger partial charge in [0.1, 0.15) is 11.9 Å². The Kier molecular flexibility index (Phi) is 10.00. The standard InChI is InChI=1S/C27H32ClN3O3S/c1-17(16-29)24(33)11-9-22(13-19-6-4-3-5-7-19)30-27(34)20(12-18(2)32)14-26-31-23-10-8-21(28)15-25(23)35-26/h8,10,15,19-20,22H,1,3-7,9,11-14H2,2H3,(H,30,34)/t20-,22+/m0/s1. The van der Waals surface area contributed by atoms with Crippen molar-refractivity contribution in [1.82, 2.24) is 10.3 Å². The van der Waals surface area contributed by atoms with Gasteiger partial charge in [0.05, 0.1) is 26.7 Å². The number of nitrogens with zero attached hydrogens (tertiary/aromatic N) is 2. The number of fused-ring (bicyclic) bond motifs is 1. The van der Waals surface area contributed by atoms with E-state index in [4.69, 9.17) is 16.9 Å². The molecule has 0 bridgehead atoms. The van der Waals surface area contributed by atoms with Crippen molar-refractivity contribution < 1.29 is 14.4 Å². The molecule has 0 unspecified atom stereocenters. The maximum Gasteiger partial charge on any atom is 0.224 e. The van der Waals surface area contributed by atoms with E-state index in [1.165, 1.54) is 37.5 Å². The van der Waals surface area contributed by atoms with Crippen LogP contribution in [0.25, 0.3) is 10.2 Å². The van der Waals surface area contributed by atoms with Crippen molar-refractivity contribution in [3.63, 3.8) is 0 Å². The van der Waals surface area contributed by atoms with Crippen molar-refractivity contribution >= 4 is 50.6 Å². The van der Waals surface area contributed by atoms with Crippen molar-refractivity contribution in [2.45, 2.75) is 77.2 Å². The number of carbonyl (C=O) groups excluding carboxylic acids is 3. The van der Waals surface area contributed by atoms with Gasteiger partial charge in [0.2, 0.25) is 5.91 Å². The summed E-state index contributed by atoms with van der Waals surface area (Å²) in [7, 11) is 0. The molecule has 1 amide bonds. The lowest BCUT2D eigenvalue weighted by atomic mass is 9.83. The molecule has 8 heteroatoms. The molecule has 1 aromatic heterocycles. The third-order valence-electron chi connectivity index (χ3n) is 6.60. The van der Waals surface area contributed by atoms with Crippen LogP contribution in [0.1, 0.15) is 69.7 Å². The molecular formula is C27H32ClN3O3S. The average Bonchev–Trinajstić information content (AvgIpc) is 3.23. The van der Waals surface area contributed by atoms with E-state index in [9.17, 15) is 14.4 Å². The van der Waals surface area contributed by atoms with Crippen LogP contribution >= 0.6 is 22.9 Å². The Morgan fingerprint density at radius 1 is 1.29 bits per heavy atom. The van der Waals surface area contributed by atoms with Gasteiger partial charge in [-0.25, -0.2) is 4.98 Å². The van der Waals surface area contributed by atoms with Gasteiger partial charge in [0.15, 0.2) is 5.78 Å². The molecule has 186 valence electrons. The van der Waals surface area contributed by atoms with E-state index >= 15 is 0 Å². The zero-order valence-corrected chi connectivity index (χ0v) is 21.7. The number of Topliss-reactive ketones (excluding diaryl/α,β-unsaturated/α-hetero) is 2. The SMILES string of the molecule is C=C(C#N)C(=O)CC[C@H](CC1CCCCC1)NC(=O)[C@@H](CC(C)=O)Cc1nc2ccc(Cl)cc2s1. The number of rotatable bonds is 12. The Labute approximate surface area is 215 Å². The molecule has 3 rings (SSSR count).